The number of nitrogen functional groups attached to an aromatic ring is 1. The highest BCUT2D eigenvalue weighted by Gasteiger charge is 2.19. The van der Waals surface area contributed by atoms with Crippen molar-refractivity contribution in [3.8, 4) is 0 Å². The molecule has 0 unspecified atom stereocenters. The van der Waals surface area contributed by atoms with Crippen molar-refractivity contribution in [3.63, 3.8) is 0 Å². The highest BCUT2D eigenvalue weighted by atomic mass is 35.5. The smallest absolute Gasteiger partial charge is 0.242 e. The van der Waals surface area contributed by atoms with E-state index in [9.17, 15) is 8.42 Å². The number of hydrogen-bond donors (Lipinski definition) is 2. The summed E-state index contributed by atoms with van der Waals surface area (Å²) < 4.78 is 27.2. The highest BCUT2D eigenvalue weighted by molar-refractivity contribution is 7.89. The van der Waals surface area contributed by atoms with Crippen LogP contribution in [0.15, 0.2) is 35.5 Å². The van der Waals surface area contributed by atoms with Crippen molar-refractivity contribution < 1.29 is 8.42 Å². The molecule has 0 amide bonds. The van der Waals surface area contributed by atoms with Crippen LogP contribution in [0.4, 0.5) is 5.69 Å². The van der Waals surface area contributed by atoms with Crippen molar-refractivity contribution in [2.45, 2.75) is 25.3 Å². The molecular weight excluding hydrogens is 310 g/mol. The first kappa shape index (κ1) is 15.8. The second-order valence-electron chi connectivity index (χ2n) is 4.77. The minimum Gasteiger partial charge on any atom is -0.398 e. The Morgan fingerprint density at radius 2 is 2.00 bits per heavy atom. The van der Waals surface area contributed by atoms with Crippen LogP contribution >= 0.6 is 11.6 Å². The van der Waals surface area contributed by atoms with Gasteiger partial charge in [0.25, 0.3) is 0 Å². The Labute approximate surface area is 129 Å². The number of hydrogen-bond acceptors (Lipinski definition) is 4. The lowest BCUT2D eigenvalue weighted by Gasteiger charge is -2.11. The number of halogens is 1. The number of nitrogens with zero attached hydrogens (tertiary/aromatic N) is 1. The van der Waals surface area contributed by atoms with Crippen molar-refractivity contribution in [1.82, 2.24) is 9.71 Å². The Morgan fingerprint density at radius 3 is 2.67 bits per heavy atom. The molecule has 1 aromatic carbocycles. The van der Waals surface area contributed by atoms with Gasteiger partial charge in [-0.3, -0.25) is 4.98 Å². The summed E-state index contributed by atoms with van der Waals surface area (Å²) in [6, 6.07) is 4.73. The first-order valence-electron chi connectivity index (χ1n) is 6.26. The van der Waals surface area contributed by atoms with Crippen LogP contribution < -0.4 is 10.5 Å². The number of nitrogens with one attached hydrogen (secondary N) is 1. The maximum Gasteiger partial charge on any atom is 0.242 e. The Balaban J connectivity index is 2.27. The van der Waals surface area contributed by atoms with Gasteiger partial charge in [-0.15, -0.1) is 0 Å². The second-order valence-corrected chi connectivity index (χ2v) is 6.91. The summed E-state index contributed by atoms with van der Waals surface area (Å²) in [5.41, 5.74) is 8.64. The van der Waals surface area contributed by atoms with E-state index in [0.717, 1.165) is 16.7 Å². The maximum atomic E-state index is 12.3. The number of pyridine rings is 1. The molecule has 2 aromatic rings. The number of anilines is 1. The lowest BCUT2D eigenvalue weighted by atomic mass is 10.2. The van der Waals surface area contributed by atoms with Gasteiger partial charge in [0.15, 0.2) is 0 Å². The highest BCUT2D eigenvalue weighted by Crippen LogP contribution is 2.26. The van der Waals surface area contributed by atoms with Gasteiger partial charge in [0.05, 0.1) is 5.02 Å². The first-order valence-corrected chi connectivity index (χ1v) is 8.12. The van der Waals surface area contributed by atoms with Crippen LogP contribution in [0.2, 0.25) is 5.02 Å². The Morgan fingerprint density at radius 1 is 1.29 bits per heavy atom. The predicted octanol–water partition coefficient (Wildman–Crippen LogP) is 2.41. The number of sulfonamides is 1. The minimum absolute atomic E-state index is 0.0196. The Hall–Kier alpha value is -1.63. The molecule has 0 saturated heterocycles. The zero-order valence-electron chi connectivity index (χ0n) is 11.7. The van der Waals surface area contributed by atoms with Crippen LogP contribution in [0.5, 0.6) is 0 Å². The largest absolute Gasteiger partial charge is 0.398 e. The Bertz CT molecular complexity index is 776. The zero-order valence-corrected chi connectivity index (χ0v) is 13.3. The minimum atomic E-state index is -3.73. The maximum absolute atomic E-state index is 12.3. The lowest BCUT2D eigenvalue weighted by Crippen LogP contribution is -2.24. The molecule has 0 aliphatic rings. The van der Waals surface area contributed by atoms with Crippen LogP contribution in [-0.4, -0.2) is 13.4 Å². The van der Waals surface area contributed by atoms with Crippen molar-refractivity contribution in [1.29, 1.82) is 0 Å². The van der Waals surface area contributed by atoms with Gasteiger partial charge in [0, 0.05) is 24.6 Å². The molecule has 0 radical (unpaired) electrons. The van der Waals surface area contributed by atoms with E-state index in [4.69, 9.17) is 17.3 Å². The molecule has 1 heterocycles. The van der Waals surface area contributed by atoms with Crippen molar-refractivity contribution >= 4 is 27.3 Å². The van der Waals surface area contributed by atoms with E-state index >= 15 is 0 Å². The standard InChI is InChI=1S/C14H16ClN3O2S/c1-9-3-4-17-7-11(9)8-18-21(19,20)14-6-13(16)10(2)5-12(14)15/h3-7,18H,8,16H2,1-2H3. The van der Waals surface area contributed by atoms with Crippen LogP contribution in [-0.2, 0) is 16.6 Å². The van der Waals surface area contributed by atoms with Gasteiger partial charge < -0.3 is 5.73 Å². The van der Waals surface area contributed by atoms with E-state index in [2.05, 4.69) is 9.71 Å². The van der Waals surface area contributed by atoms with E-state index in [1.165, 1.54) is 6.07 Å². The normalized spacial score (nSPS) is 11.6. The number of nitrogens with two attached hydrogens (primary N) is 1. The second kappa shape index (κ2) is 6.01. The number of aromatic nitrogens is 1. The van der Waals surface area contributed by atoms with E-state index in [1.54, 1.807) is 25.4 Å². The molecular formula is C14H16ClN3O2S. The van der Waals surface area contributed by atoms with Crippen molar-refractivity contribution in [2.24, 2.45) is 0 Å². The fraction of sp³-hybridized carbons (Fsp3) is 0.214. The topological polar surface area (TPSA) is 85.1 Å². The molecule has 0 bridgehead atoms. The summed E-state index contributed by atoms with van der Waals surface area (Å²) in [7, 11) is -3.73. The molecule has 0 aliphatic heterocycles. The molecule has 0 atom stereocenters. The summed E-state index contributed by atoms with van der Waals surface area (Å²) in [6.45, 7) is 3.80. The predicted molar refractivity (Wildman–Crippen MR) is 83.6 cm³/mol. The summed E-state index contributed by atoms with van der Waals surface area (Å²) in [4.78, 5) is 3.96. The molecule has 21 heavy (non-hydrogen) atoms. The molecule has 0 spiro atoms. The zero-order chi connectivity index (χ0) is 15.6. The fourth-order valence-electron chi connectivity index (χ4n) is 1.81. The average Bonchev–Trinajstić information content (AvgIpc) is 2.42. The molecule has 0 fully saturated rings. The summed E-state index contributed by atoms with van der Waals surface area (Å²) in [6.07, 6.45) is 3.29. The van der Waals surface area contributed by atoms with Crippen LogP contribution in [0.25, 0.3) is 0 Å². The summed E-state index contributed by atoms with van der Waals surface area (Å²) >= 11 is 6.01. The molecule has 112 valence electrons. The molecule has 5 nitrogen and oxygen atoms in total. The number of aryl methyl sites for hydroxylation is 2. The summed E-state index contributed by atoms with van der Waals surface area (Å²) in [5, 5.41) is 0.150. The first-order chi connectivity index (χ1) is 9.81. The SMILES string of the molecule is Cc1cc(Cl)c(S(=O)(=O)NCc2cnccc2C)cc1N. The van der Waals surface area contributed by atoms with Crippen LogP contribution in [0.1, 0.15) is 16.7 Å². The monoisotopic (exact) mass is 325 g/mol. The molecule has 3 N–H and O–H groups in total. The van der Waals surface area contributed by atoms with E-state index in [-0.39, 0.29) is 16.5 Å². The van der Waals surface area contributed by atoms with Gasteiger partial charge in [-0.1, -0.05) is 11.6 Å². The van der Waals surface area contributed by atoms with Gasteiger partial charge in [-0.05, 0) is 48.7 Å². The third-order valence-electron chi connectivity index (χ3n) is 3.21. The number of rotatable bonds is 4. The van der Waals surface area contributed by atoms with E-state index in [0.29, 0.717) is 5.69 Å². The van der Waals surface area contributed by atoms with Gasteiger partial charge >= 0.3 is 0 Å². The lowest BCUT2D eigenvalue weighted by molar-refractivity contribution is 0.581. The van der Waals surface area contributed by atoms with E-state index in [1.807, 2.05) is 13.0 Å². The molecule has 0 aliphatic carbocycles. The summed E-state index contributed by atoms with van der Waals surface area (Å²) in [5.74, 6) is 0. The van der Waals surface area contributed by atoms with Crippen molar-refractivity contribution in [3.05, 3.63) is 52.3 Å². The fourth-order valence-corrected chi connectivity index (χ4v) is 3.43. The van der Waals surface area contributed by atoms with E-state index < -0.39 is 10.0 Å². The quantitative estimate of drug-likeness (QED) is 0.845. The third-order valence-corrected chi connectivity index (χ3v) is 5.08. The third kappa shape index (κ3) is 3.53. The number of benzene rings is 1. The molecule has 0 saturated carbocycles. The van der Waals surface area contributed by atoms with Gasteiger partial charge in [0.1, 0.15) is 4.90 Å². The van der Waals surface area contributed by atoms with Crippen LogP contribution in [0.3, 0.4) is 0 Å². The Kier molecular flexibility index (Phi) is 4.51. The van der Waals surface area contributed by atoms with Gasteiger partial charge in [-0.2, -0.15) is 0 Å². The molecule has 1 aromatic heterocycles. The van der Waals surface area contributed by atoms with Crippen molar-refractivity contribution in [2.75, 3.05) is 5.73 Å². The molecule has 2 rings (SSSR count). The molecule has 7 heteroatoms. The van der Waals surface area contributed by atoms with Gasteiger partial charge in [0.2, 0.25) is 10.0 Å². The van der Waals surface area contributed by atoms with Crippen LogP contribution in [0, 0.1) is 13.8 Å². The van der Waals surface area contributed by atoms with Gasteiger partial charge in [-0.25, -0.2) is 13.1 Å². The average molecular weight is 326 g/mol.